The number of carbonyl (C=O) groups excluding carboxylic acids is 1. The first-order valence-electron chi connectivity index (χ1n) is 13.7. The number of amides is 1. The highest BCUT2D eigenvalue weighted by atomic mass is 19.1. The van der Waals surface area contributed by atoms with E-state index in [1.54, 1.807) is 7.11 Å². The minimum absolute atomic E-state index is 0.0952. The Bertz CT molecular complexity index is 1270. The number of hydrogen-bond acceptors (Lipinski definition) is 5. The summed E-state index contributed by atoms with van der Waals surface area (Å²) in [6, 6.07) is 4.55. The topological polar surface area (TPSA) is 63.0 Å². The molecule has 2 aliphatic heterocycles. The maximum Gasteiger partial charge on any atom is 0.263 e. The SMILES string of the molecule is CC.CC.COC1=C(n2cnc(C)c2)CC=CC(/C=C2\CCCN3C2=NC(=O)CN3C)=C1.Fc1cccc(F)c1. The number of likely N-dealkylation sites (N-methyl/N-ethyl adjacent to an activating group) is 1. The molecule has 1 aromatic heterocycles. The van der Waals surface area contributed by atoms with E-state index < -0.39 is 11.6 Å². The lowest BCUT2D eigenvalue weighted by Crippen LogP contribution is -2.52. The Kier molecular flexibility index (Phi) is 13.2. The van der Waals surface area contributed by atoms with Gasteiger partial charge in [-0.25, -0.2) is 18.8 Å². The number of carbonyl (C=O) groups is 1. The molecule has 9 heteroatoms. The molecule has 216 valence electrons. The number of allylic oxidation sites excluding steroid dienone is 6. The maximum atomic E-state index is 12.0. The Morgan fingerprint density at radius 1 is 1.10 bits per heavy atom. The normalized spacial score (nSPS) is 17.7. The van der Waals surface area contributed by atoms with Crippen molar-refractivity contribution in [3.8, 4) is 0 Å². The predicted molar refractivity (Wildman–Crippen MR) is 157 cm³/mol. The number of methoxy groups -OCH3 is 1. The predicted octanol–water partition coefficient (Wildman–Crippen LogP) is 6.72. The van der Waals surface area contributed by atoms with Crippen LogP contribution in [0, 0.1) is 18.6 Å². The van der Waals surface area contributed by atoms with E-state index in [1.165, 1.54) is 18.2 Å². The Morgan fingerprint density at radius 2 is 1.80 bits per heavy atom. The van der Waals surface area contributed by atoms with E-state index in [2.05, 4.69) is 33.2 Å². The smallest absolute Gasteiger partial charge is 0.263 e. The van der Waals surface area contributed by atoms with E-state index >= 15 is 0 Å². The molecule has 0 spiro atoms. The number of rotatable bonds is 3. The van der Waals surface area contributed by atoms with Crippen LogP contribution in [0.25, 0.3) is 5.70 Å². The number of aryl methyl sites for hydroxylation is 1. The summed E-state index contributed by atoms with van der Waals surface area (Å²) in [5, 5.41) is 4.05. The number of fused-ring (bicyclic) bond motifs is 1. The number of hydrogen-bond donors (Lipinski definition) is 0. The first-order chi connectivity index (χ1) is 19.3. The fourth-order valence-electron chi connectivity index (χ4n) is 4.26. The molecule has 1 saturated heterocycles. The van der Waals surface area contributed by atoms with Gasteiger partial charge in [0.05, 0.1) is 31.4 Å². The summed E-state index contributed by atoms with van der Waals surface area (Å²) in [6.45, 7) is 11.2. The average molecular weight is 554 g/mol. The van der Waals surface area contributed by atoms with Crippen LogP contribution in [0.5, 0.6) is 0 Å². The van der Waals surface area contributed by atoms with Crippen LogP contribution in [0.4, 0.5) is 8.78 Å². The van der Waals surface area contributed by atoms with E-state index in [1.807, 2.05) is 69.8 Å². The third kappa shape index (κ3) is 8.84. The van der Waals surface area contributed by atoms with Crippen molar-refractivity contribution in [3.05, 3.63) is 95.3 Å². The van der Waals surface area contributed by atoms with Crippen molar-refractivity contribution in [2.45, 2.75) is 53.9 Å². The lowest BCUT2D eigenvalue weighted by atomic mass is 10.0. The van der Waals surface area contributed by atoms with Gasteiger partial charge in [-0.15, -0.1) is 0 Å². The standard InChI is InChI=1S/C21H25N5O2.C6H4F2.2C2H6/c1-15-12-25(14-22-15)18-8-4-6-16(11-19(18)28-3)10-17-7-5-9-26-21(17)23-20(27)13-24(26)2;7-5-2-1-3-6(8)4-5;2*1-2/h4,6,10-12,14H,5,7-9,13H2,1-3H3;1-4H;2*1-2H3/b17-10+;;;. The third-order valence-electron chi connectivity index (χ3n) is 5.93. The van der Waals surface area contributed by atoms with Gasteiger partial charge in [-0.05, 0) is 55.2 Å². The second-order valence-corrected chi connectivity index (χ2v) is 8.67. The first kappa shape index (κ1) is 32.4. The number of aromatic nitrogens is 2. The van der Waals surface area contributed by atoms with E-state index in [0.717, 1.165) is 66.0 Å². The van der Waals surface area contributed by atoms with Crippen LogP contribution in [-0.2, 0) is 9.53 Å². The number of hydrazine groups is 1. The first-order valence-corrected chi connectivity index (χ1v) is 13.7. The Balaban J connectivity index is 0.000000394. The quantitative estimate of drug-likeness (QED) is 0.422. The Labute approximate surface area is 236 Å². The van der Waals surface area contributed by atoms with Gasteiger partial charge in [-0.3, -0.25) is 9.80 Å². The van der Waals surface area contributed by atoms with Crippen LogP contribution in [0.3, 0.4) is 0 Å². The van der Waals surface area contributed by atoms with Gasteiger partial charge in [0.25, 0.3) is 5.91 Å². The molecule has 7 nitrogen and oxygen atoms in total. The molecule has 3 aliphatic rings. The van der Waals surface area contributed by atoms with Gasteiger partial charge in [-0.2, -0.15) is 4.99 Å². The molecule has 1 aliphatic carbocycles. The van der Waals surface area contributed by atoms with Gasteiger partial charge in [0.1, 0.15) is 23.2 Å². The number of amidine groups is 1. The van der Waals surface area contributed by atoms with Crippen molar-refractivity contribution in [2.24, 2.45) is 4.99 Å². The molecule has 1 amide bonds. The third-order valence-corrected chi connectivity index (χ3v) is 5.93. The zero-order chi connectivity index (χ0) is 29.7. The van der Waals surface area contributed by atoms with Gasteiger partial charge in [0.2, 0.25) is 0 Å². The summed E-state index contributed by atoms with van der Waals surface area (Å²) in [5.74, 6) is 0.412. The highest BCUT2D eigenvalue weighted by Crippen LogP contribution is 2.27. The van der Waals surface area contributed by atoms with Gasteiger partial charge in [-0.1, -0.05) is 45.9 Å². The summed E-state index contributed by atoms with van der Waals surface area (Å²) in [6.07, 6.45) is 14.9. The Morgan fingerprint density at radius 3 is 2.38 bits per heavy atom. The summed E-state index contributed by atoms with van der Waals surface area (Å²) >= 11 is 0. The number of benzene rings is 1. The number of piperidine rings is 1. The molecular weight excluding hydrogens is 512 g/mol. The molecule has 0 bridgehead atoms. The molecule has 2 aromatic rings. The van der Waals surface area contributed by atoms with Crippen molar-refractivity contribution in [1.82, 2.24) is 19.6 Å². The van der Waals surface area contributed by atoms with E-state index in [9.17, 15) is 13.6 Å². The second-order valence-electron chi connectivity index (χ2n) is 8.67. The van der Waals surface area contributed by atoms with Crippen LogP contribution >= 0.6 is 0 Å². The highest BCUT2D eigenvalue weighted by Gasteiger charge is 2.30. The van der Waals surface area contributed by atoms with Crippen molar-refractivity contribution in [1.29, 1.82) is 0 Å². The average Bonchev–Trinajstić information content (AvgIpc) is 3.27. The number of aliphatic imine (C=N–C) groups is 1. The minimum Gasteiger partial charge on any atom is -0.495 e. The molecule has 0 saturated carbocycles. The van der Waals surface area contributed by atoms with E-state index in [4.69, 9.17) is 4.74 Å². The van der Waals surface area contributed by atoms with Crippen molar-refractivity contribution in [3.63, 3.8) is 0 Å². The van der Waals surface area contributed by atoms with Crippen molar-refractivity contribution < 1.29 is 18.3 Å². The molecule has 5 rings (SSSR count). The summed E-state index contributed by atoms with van der Waals surface area (Å²) in [7, 11) is 3.62. The number of nitrogens with zero attached hydrogens (tertiary/aromatic N) is 5. The molecule has 0 N–H and O–H groups in total. The summed E-state index contributed by atoms with van der Waals surface area (Å²) in [5.41, 5.74) is 4.13. The van der Waals surface area contributed by atoms with Gasteiger partial charge in [0.15, 0.2) is 0 Å². The monoisotopic (exact) mass is 553 g/mol. The zero-order valence-corrected chi connectivity index (χ0v) is 24.6. The number of imidazole rings is 1. The van der Waals surface area contributed by atoms with Crippen LogP contribution in [-0.4, -0.2) is 58.6 Å². The fraction of sp³-hybridized carbons (Fsp3) is 0.387. The van der Waals surface area contributed by atoms with E-state index in [-0.39, 0.29) is 5.91 Å². The fourth-order valence-corrected chi connectivity index (χ4v) is 4.26. The van der Waals surface area contributed by atoms with Gasteiger partial charge < -0.3 is 9.30 Å². The number of halogens is 2. The van der Waals surface area contributed by atoms with Crippen LogP contribution in [0.15, 0.2) is 83.0 Å². The molecule has 1 aromatic carbocycles. The molecule has 40 heavy (non-hydrogen) atoms. The molecule has 0 radical (unpaired) electrons. The lowest BCUT2D eigenvalue weighted by Gasteiger charge is -2.40. The van der Waals surface area contributed by atoms with E-state index in [0.29, 0.717) is 6.54 Å². The minimum atomic E-state index is -0.537. The van der Waals surface area contributed by atoms with Gasteiger partial charge >= 0.3 is 0 Å². The summed E-state index contributed by atoms with van der Waals surface area (Å²) in [4.78, 5) is 20.6. The van der Waals surface area contributed by atoms with Gasteiger partial charge in [0, 0.05) is 32.3 Å². The molecule has 0 atom stereocenters. The second kappa shape index (κ2) is 16.3. The zero-order valence-electron chi connectivity index (χ0n) is 24.6. The van der Waals surface area contributed by atoms with Crippen LogP contribution < -0.4 is 0 Å². The highest BCUT2D eigenvalue weighted by molar-refractivity contribution is 6.07. The molecule has 3 heterocycles. The van der Waals surface area contributed by atoms with Crippen molar-refractivity contribution >= 4 is 17.4 Å². The largest absolute Gasteiger partial charge is 0.495 e. The molecule has 0 unspecified atom stereocenters. The van der Waals surface area contributed by atoms with Crippen LogP contribution in [0.2, 0.25) is 0 Å². The number of ether oxygens (including phenoxy) is 1. The Hall–Kier alpha value is -3.85. The lowest BCUT2D eigenvalue weighted by molar-refractivity contribution is -0.123. The van der Waals surface area contributed by atoms with Crippen molar-refractivity contribution in [2.75, 3.05) is 27.2 Å². The maximum absolute atomic E-state index is 12.0. The summed E-state index contributed by atoms with van der Waals surface area (Å²) < 4.78 is 31.6. The molecule has 1 fully saturated rings. The van der Waals surface area contributed by atoms with Crippen LogP contribution in [0.1, 0.15) is 52.7 Å². The molecular formula is C31H41F2N5O2.